The number of hydrogen-bond donors (Lipinski definition) is 1. The Morgan fingerprint density at radius 2 is 2.23 bits per heavy atom. The molecule has 1 unspecified atom stereocenters. The second kappa shape index (κ2) is 8.86. The number of nitrogen functional groups attached to an aromatic ring is 1. The third-order valence-electron chi connectivity index (χ3n) is 5.46. The smallest absolute Gasteiger partial charge is 0.410 e. The van der Waals surface area contributed by atoms with Gasteiger partial charge in [-0.05, 0) is 19.8 Å². The molecule has 4 rings (SSSR count). The number of carbonyl (C=O) groups excluding carboxylic acids is 1. The monoisotopic (exact) mass is 415 g/mol. The first kappa shape index (κ1) is 20.4. The largest absolute Gasteiger partial charge is 0.449 e. The highest BCUT2D eigenvalue weighted by atomic mass is 16.6. The summed E-state index contributed by atoms with van der Waals surface area (Å²) in [5, 5.41) is 4.26. The van der Waals surface area contributed by atoms with Crippen LogP contribution in [0.15, 0.2) is 12.4 Å². The zero-order valence-corrected chi connectivity index (χ0v) is 17.6. The summed E-state index contributed by atoms with van der Waals surface area (Å²) in [5.74, 6) is 1.33. The van der Waals surface area contributed by atoms with Crippen LogP contribution >= 0.6 is 0 Å². The molecule has 2 aromatic rings. The van der Waals surface area contributed by atoms with Crippen LogP contribution in [0.3, 0.4) is 0 Å². The Bertz CT molecular complexity index is 901. The van der Waals surface area contributed by atoms with E-state index in [1.54, 1.807) is 22.0 Å². The van der Waals surface area contributed by atoms with Gasteiger partial charge in [0.05, 0.1) is 56.2 Å². The number of anilines is 2. The number of amides is 1. The molecule has 10 heteroatoms. The van der Waals surface area contributed by atoms with E-state index in [1.807, 2.05) is 0 Å². The van der Waals surface area contributed by atoms with Crippen LogP contribution in [0.1, 0.15) is 37.9 Å². The van der Waals surface area contributed by atoms with Crippen molar-refractivity contribution in [2.24, 2.45) is 0 Å². The van der Waals surface area contributed by atoms with Gasteiger partial charge >= 0.3 is 6.09 Å². The summed E-state index contributed by atoms with van der Waals surface area (Å²) in [4.78, 5) is 26.0. The molecule has 30 heavy (non-hydrogen) atoms. The number of hydrogen-bond acceptors (Lipinski definition) is 8. The van der Waals surface area contributed by atoms with Gasteiger partial charge in [0, 0.05) is 18.7 Å². The molecular formula is C20H29N7O3. The van der Waals surface area contributed by atoms with Crippen LogP contribution in [-0.2, 0) is 22.4 Å². The quantitative estimate of drug-likeness (QED) is 0.736. The number of nitrogens with zero attached hydrogens (tertiary/aromatic N) is 6. The number of carbonyl (C=O) groups is 1. The predicted octanol–water partition coefficient (Wildman–Crippen LogP) is 1.76. The van der Waals surface area contributed by atoms with Crippen LogP contribution in [0.2, 0.25) is 0 Å². The van der Waals surface area contributed by atoms with Gasteiger partial charge in [-0.2, -0.15) is 10.1 Å². The van der Waals surface area contributed by atoms with E-state index >= 15 is 0 Å². The number of morpholine rings is 1. The Kier molecular flexibility index (Phi) is 6.03. The lowest BCUT2D eigenvalue weighted by molar-refractivity contribution is 0.0949. The van der Waals surface area contributed by atoms with Crippen molar-refractivity contribution in [2.45, 2.75) is 45.7 Å². The Hall–Kier alpha value is -2.88. The molecule has 2 aliphatic heterocycles. The molecule has 1 fully saturated rings. The van der Waals surface area contributed by atoms with Crippen molar-refractivity contribution in [2.75, 3.05) is 43.5 Å². The Balaban J connectivity index is 1.66. The normalized spacial score (nSPS) is 18.9. The van der Waals surface area contributed by atoms with Gasteiger partial charge in [0.25, 0.3) is 5.95 Å². The predicted molar refractivity (Wildman–Crippen MR) is 112 cm³/mol. The zero-order valence-electron chi connectivity index (χ0n) is 17.6. The van der Waals surface area contributed by atoms with E-state index in [9.17, 15) is 4.79 Å². The van der Waals surface area contributed by atoms with Crippen LogP contribution in [-0.4, -0.2) is 69.7 Å². The molecule has 0 saturated carbocycles. The maximum Gasteiger partial charge on any atom is 0.410 e. The third-order valence-corrected chi connectivity index (χ3v) is 5.46. The van der Waals surface area contributed by atoms with Crippen LogP contribution in [0.5, 0.6) is 0 Å². The first-order valence-corrected chi connectivity index (χ1v) is 10.5. The van der Waals surface area contributed by atoms with Crippen molar-refractivity contribution >= 4 is 17.6 Å². The number of rotatable bonds is 5. The highest BCUT2D eigenvalue weighted by Gasteiger charge is 2.31. The number of unbranched alkanes of at least 4 members (excludes halogenated alkanes) is 1. The van der Waals surface area contributed by atoms with E-state index in [0.29, 0.717) is 51.0 Å². The van der Waals surface area contributed by atoms with E-state index in [0.717, 1.165) is 36.5 Å². The fraction of sp³-hybridized carbons (Fsp3) is 0.600. The molecule has 0 aliphatic carbocycles. The first-order valence-electron chi connectivity index (χ1n) is 10.5. The van der Waals surface area contributed by atoms with Crippen molar-refractivity contribution in [1.29, 1.82) is 0 Å². The lowest BCUT2D eigenvalue weighted by Gasteiger charge is -2.37. The van der Waals surface area contributed by atoms with Crippen LogP contribution in [0.4, 0.5) is 16.3 Å². The summed E-state index contributed by atoms with van der Waals surface area (Å²) in [6.07, 6.45) is 5.49. The van der Waals surface area contributed by atoms with Crippen molar-refractivity contribution in [3.8, 4) is 5.95 Å². The SMILES string of the molecule is CCCCOC(=O)N1CCc2c(nc(-n3cc(N)cn3)nc2N2CCOCC2C)C1. The van der Waals surface area contributed by atoms with Crippen molar-refractivity contribution in [3.63, 3.8) is 0 Å². The molecule has 2 aliphatic rings. The maximum absolute atomic E-state index is 12.5. The van der Waals surface area contributed by atoms with Gasteiger partial charge in [-0.1, -0.05) is 13.3 Å². The highest BCUT2D eigenvalue weighted by molar-refractivity contribution is 5.68. The van der Waals surface area contributed by atoms with Gasteiger partial charge in [0.15, 0.2) is 0 Å². The second-order valence-corrected chi connectivity index (χ2v) is 7.75. The van der Waals surface area contributed by atoms with Crippen molar-refractivity contribution < 1.29 is 14.3 Å². The van der Waals surface area contributed by atoms with E-state index in [2.05, 4.69) is 23.8 Å². The molecule has 162 valence electrons. The standard InChI is InChI=1S/C20H29N7O3/c1-3-4-8-30-20(28)25-6-5-16-17(12-25)23-19(27-11-15(21)10-22-27)24-18(16)26-7-9-29-13-14(26)2/h10-11,14H,3-9,12-13,21H2,1-2H3. The molecule has 1 atom stereocenters. The number of aromatic nitrogens is 4. The number of fused-ring (bicyclic) bond motifs is 1. The third kappa shape index (κ3) is 4.18. The van der Waals surface area contributed by atoms with Gasteiger partial charge in [0.1, 0.15) is 5.82 Å². The van der Waals surface area contributed by atoms with E-state index in [1.165, 1.54) is 0 Å². The Morgan fingerprint density at radius 1 is 1.37 bits per heavy atom. The molecule has 1 saturated heterocycles. The average Bonchev–Trinajstić information content (AvgIpc) is 3.19. The molecule has 2 aromatic heterocycles. The van der Waals surface area contributed by atoms with Crippen LogP contribution < -0.4 is 10.6 Å². The van der Waals surface area contributed by atoms with Gasteiger partial charge < -0.3 is 25.0 Å². The number of nitrogens with two attached hydrogens (primary N) is 1. The maximum atomic E-state index is 12.5. The van der Waals surface area contributed by atoms with Gasteiger partial charge in [-0.3, -0.25) is 0 Å². The Labute approximate surface area is 176 Å². The summed E-state index contributed by atoms with van der Waals surface area (Å²) < 4.78 is 12.6. The molecule has 1 amide bonds. The summed E-state index contributed by atoms with van der Waals surface area (Å²) in [6, 6.07) is 0.199. The van der Waals surface area contributed by atoms with E-state index in [-0.39, 0.29) is 12.1 Å². The minimum atomic E-state index is -0.293. The molecule has 0 aromatic carbocycles. The molecule has 0 spiro atoms. The van der Waals surface area contributed by atoms with E-state index in [4.69, 9.17) is 25.2 Å². The molecule has 4 heterocycles. The molecule has 10 nitrogen and oxygen atoms in total. The number of ether oxygens (including phenoxy) is 2. The summed E-state index contributed by atoms with van der Waals surface area (Å²) in [6.45, 7) is 7.67. The minimum Gasteiger partial charge on any atom is -0.449 e. The van der Waals surface area contributed by atoms with Gasteiger partial charge in [-0.15, -0.1) is 0 Å². The minimum absolute atomic E-state index is 0.199. The average molecular weight is 415 g/mol. The molecule has 2 N–H and O–H groups in total. The fourth-order valence-corrected chi connectivity index (χ4v) is 3.78. The summed E-state index contributed by atoms with van der Waals surface area (Å²) in [7, 11) is 0. The molecule has 0 radical (unpaired) electrons. The van der Waals surface area contributed by atoms with Gasteiger partial charge in [-0.25, -0.2) is 14.5 Å². The summed E-state index contributed by atoms with van der Waals surface area (Å²) >= 11 is 0. The Morgan fingerprint density at radius 3 is 2.97 bits per heavy atom. The molecular weight excluding hydrogens is 386 g/mol. The van der Waals surface area contributed by atoms with Crippen molar-refractivity contribution in [3.05, 3.63) is 23.7 Å². The first-order chi connectivity index (χ1) is 14.6. The van der Waals surface area contributed by atoms with E-state index < -0.39 is 0 Å². The molecule has 0 bridgehead atoms. The van der Waals surface area contributed by atoms with Crippen LogP contribution in [0, 0.1) is 0 Å². The topological polar surface area (TPSA) is 112 Å². The van der Waals surface area contributed by atoms with Crippen molar-refractivity contribution in [1.82, 2.24) is 24.6 Å². The summed E-state index contributed by atoms with van der Waals surface area (Å²) in [5.41, 5.74) is 8.28. The zero-order chi connectivity index (χ0) is 21.1. The van der Waals surface area contributed by atoms with Gasteiger partial charge in [0.2, 0.25) is 0 Å². The van der Waals surface area contributed by atoms with Crippen LogP contribution in [0.25, 0.3) is 5.95 Å². The second-order valence-electron chi connectivity index (χ2n) is 7.75. The lowest BCUT2D eigenvalue weighted by atomic mass is 10.0. The highest BCUT2D eigenvalue weighted by Crippen LogP contribution is 2.30. The lowest BCUT2D eigenvalue weighted by Crippen LogP contribution is -2.46. The fourth-order valence-electron chi connectivity index (χ4n) is 3.78.